The fraction of sp³-hybridized carbons (Fsp3) is 0.393. The minimum absolute atomic E-state index is 0.193. The van der Waals surface area contributed by atoms with Gasteiger partial charge in [0.15, 0.2) is 0 Å². The molecule has 0 spiro atoms. The third-order valence-corrected chi connectivity index (χ3v) is 6.26. The quantitative estimate of drug-likeness (QED) is 0.132. The zero-order valence-electron chi connectivity index (χ0n) is 20.3. The van der Waals surface area contributed by atoms with E-state index in [1.807, 2.05) is 54.6 Å². The Morgan fingerprint density at radius 2 is 1.82 bits per heavy atom. The molecule has 0 unspecified atom stereocenters. The smallest absolute Gasteiger partial charge is 0.119 e. The molecule has 2 aromatic carbocycles. The normalized spacial score (nSPS) is 15.9. The number of hydrogen-bond acceptors (Lipinski definition) is 5. The van der Waals surface area contributed by atoms with E-state index in [4.69, 9.17) is 26.9 Å². The monoisotopic (exact) mass is 481 g/mol. The van der Waals surface area contributed by atoms with Crippen molar-refractivity contribution in [2.75, 3.05) is 20.1 Å². The van der Waals surface area contributed by atoms with Crippen molar-refractivity contribution in [2.24, 2.45) is 10.9 Å². The maximum absolute atomic E-state index is 6.18. The van der Waals surface area contributed by atoms with E-state index < -0.39 is 0 Å². The molecule has 2 N–H and O–H groups in total. The number of halogens is 1. The number of hydrazone groups is 1. The molecule has 1 saturated heterocycles. The van der Waals surface area contributed by atoms with Crippen molar-refractivity contribution in [3.05, 3.63) is 83.1 Å². The lowest BCUT2D eigenvalue weighted by Gasteiger charge is -2.29. The van der Waals surface area contributed by atoms with Gasteiger partial charge in [0.25, 0.3) is 0 Å². The largest absolute Gasteiger partial charge is 0.491 e. The van der Waals surface area contributed by atoms with Crippen LogP contribution in [0.25, 0.3) is 5.57 Å². The topological polar surface area (TPSA) is 60.1 Å². The second-order valence-corrected chi connectivity index (χ2v) is 9.20. The molecule has 34 heavy (non-hydrogen) atoms. The molecule has 1 fully saturated rings. The summed E-state index contributed by atoms with van der Waals surface area (Å²) in [5.74, 6) is 7.25. The van der Waals surface area contributed by atoms with Crippen LogP contribution in [0.1, 0.15) is 50.2 Å². The first kappa shape index (κ1) is 25.9. The lowest BCUT2D eigenvalue weighted by Crippen LogP contribution is -2.34. The summed E-state index contributed by atoms with van der Waals surface area (Å²) in [7, 11) is 2.14. The Morgan fingerprint density at radius 3 is 2.44 bits per heavy atom. The molecule has 0 aliphatic carbocycles. The van der Waals surface area contributed by atoms with Gasteiger partial charge in [0.05, 0.1) is 5.71 Å². The molecule has 1 aliphatic heterocycles. The number of rotatable bonds is 11. The molecule has 2 aromatic rings. The summed E-state index contributed by atoms with van der Waals surface area (Å²) in [4.78, 5) is 2.32. The Morgan fingerprint density at radius 1 is 1.15 bits per heavy atom. The van der Waals surface area contributed by atoms with Crippen molar-refractivity contribution >= 4 is 22.9 Å². The van der Waals surface area contributed by atoms with Crippen LogP contribution in [0.3, 0.4) is 0 Å². The first-order valence-corrected chi connectivity index (χ1v) is 12.4. The number of hydrogen-bond donors (Lipinski definition) is 1. The van der Waals surface area contributed by atoms with Crippen LogP contribution in [-0.4, -0.2) is 36.9 Å². The summed E-state index contributed by atoms with van der Waals surface area (Å²) < 4.78 is 12.1. The van der Waals surface area contributed by atoms with E-state index in [2.05, 4.69) is 30.6 Å². The Kier molecular flexibility index (Phi) is 10.0. The average Bonchev–Trinajstić information content (AvgIpc) is 2.85. The standard InChI is InChI=1S/C28H36ClN3O2/c1-4-5-6-28(31-30)27(19-21(2)34-26-15-17-32(3)18-16-26)23-9-13-25(14-10-23)33-20-22-7-11-24(29)12-8-22/h7-14,19,26H,2,4-6,15-18,20,30H2,1,3H3/b27-19-,31-28-. The summed E-state index contributed by atoms with van der Waals surface area (Å²) in [5.41, 5.74) is 3.86. The molecular formula is C28H36ClN3O2. The maximum Gasteiger partial charge on any atom is 0.119 e. The highest BCUT2D eigenvalue weighted by Crippen LogP contribution is 2.26. The first-order valence-electron chi connectivity index (χ1n) is 12.0. The third kappa shape index (κ3) is 7.93. The van der Waals surface area contributed by atoms with Gasteiger partial charge < -0.3 is 20.2 Å². The van der Waals surface area contributed by atoms with Gasteiger partial charge in [-0.25, -0.2) is 0 Å². The molecule has 182 valence electrons. The first-order chi connectivity index (χ1) is 16.5. The van der Waals surface area contributed by atoms with Crippen LogP contribution < -0.4 is 10.6 Å². The molecular weight excluding hydrogens is 446 g/mol. The highest BCUT2D eigenvalue weighted by atomic mass is 35.5. The molecule has 0 aromatic heterocycles. The molecule has 0 saturated carbocycles. The van der Waals surface area contributed by atoms with Gasteiger partial charge in [0.1, 0.15) is 24.2 Å². The number of ether oxygens (including phenoxy) is 2. The molecule has 1 aliphatic rings. The van der Waals surface area contributed by atoms with E-state index in [1.165, 1.54) is 0 Å². The number of unbranched alkanes of at least 4 members (excludes halogenated alkanes) is 1. The van der Waals surface area contributed by atoms with E-state index in [0.717, 1.165) is 73.4 Å². The number of nitrogens with two attached hydrogens (primary N) is 1. The van der Waals surface area contributed by atoms with Crippen LogP contribution in [0, 0.1) is 0 Å². The second kappa shape index (κ2) is 13.2. The van der Waals surface area contributed by atoms with Gasteiger partial charge in [-0.05, 0) is 74.2 Å². The predicted molar refractivity (Wildman–Crippen MR) is 142 cm³/mol. The van der Waals surface area contributed by atoms with Gasteiger partial charge in [0, 0.05) is 23.7 Å². The van der Waals surface area contributed by atoms with E-state index in [1.54, 1.807) is 0 Å². The summed E-state index contributed by atoms with van der Waals surface area (Å²) in [6.45, 7) is 8.89. The van der Waals surface area contributed by atoms with E-state index in [9.17, 15) is 0 Å². The van der Waals surface area contributed by atoms with Gasteiger partial charge in [-0.2, -0.15) is 5.10 Å². The number of benzene rings is 2. The Bertz CT molecular complexity index is 976. The number of likely N-dealkylation sites (tertiary alicyclic amines) is 1. The van der Waals surface area contributed by atoms with Gasteiger partial charge >= 0.3 is 0 Å². The van der Waals surface area contributed by atoms with E-state index in [-0.39, 0.29) is 6.10 Å². The Balaban J connectivity index is 1.73. The molecule has 0 atom stereocenters. The summed E-state index contributed by atoms with van der Waals surface area (Å²) in [6, 6.07) is 15.7. The van der Waals surface area contributed by atoms with Crippen LogP contribution in [0.15, 0.2) is 72.0 Å². The molecule has 3 rings (SSSR count). The van der Waals surface area contributed by atoms with Crippen LogP contribution in [0.4, 0.5) is 0 Å². The van der Waals surface area contributed by atoms with Crippen LogP contribution in [-0.2, 0) is 11.3 Å². The fourth-order valence-electron chi connectivity index (χ4n) is 3.94. The lowest BCUT2D eigenvalue weighted by molar-refractivity contribution is 0.0650. The summed E-state index contributed by atoms with van der Waals surface area (Å²) in [6.07, 6.45) is 7.06. The third-order valence-electron chi connectivity index (χ3n) is 6.01. The van der Waals surface area contributed by atoms with Gasteiger partial charge in [-0.3, -0.25) is 0 Å². The zero-order chi connectivity index (χ0) is 24.3. The second-order valence-electron chi connectivity index (χ2n) is 8.76. The van der Waals surface area contributed by atoms with Crippen molar-refractivity contribution < 1.29 is 9.47 Å². The minimum Gasteiger partial charge on any atom is -0.491 e. The molecule has 1 heterocycles. The minimum atomic E-state index is 0.193. The van der Waals surface area contributed by atoms with Crippen LogP contribution >= 0.6 is 11.6 Å². The van der Waals surface area contributed by atoms with Gasteiger partial charge in [-0.15, -0.1) is 0 Å². The van der Waals surface area contributed by atoms with Gasteiger partial charge in [-0.1, -0.05) is 55.8 Å². The van der Waals surface area contributed by atoms with Crippen molar-refractivity contribution in [2.45, 2.75) is 51.7 Å². The molecule has 0 amide bonds. The average molecular weight is 482 g/mol. The molecule has 0 radical (unpaired) electrons. The van der Waals surface area contributed by atoms with Crippen LogP contribution in [0.2, 0.25) is 5.02 Å². The van der Waals surface area contributed by atoms with Crippen molar-refractivity contribution in [1.82, 2.24) is 4.90 Å². The zero-order valence-corrected chi connectivity index (χ0v) is 21.1. The summed E-state index contributed by atoms with van der Waals surface area (Å²) in [5, 5.41) is 4.84. The van der Waals surface area contributed by atoms with Crippen molar-refractivity contribution in [3.63, 3.8) is 0 Å². The number of piperidine rings is 1. The van der Waals surface area contributed by atoms with Gasteiger partial charge in [0.2, 0.25) is 0 Å². The number of allylic oxidation sites excluding steroid dienone is 2. The van der Waals surface area contributed by atoms with Crippen molar-refractivity contribution in [3.8, 4) is 5.75 Å². The predicted octanol–water partition coefficient (Wildman–Crippen LogP) is 6.43. The molecule has 5 nitrogen and oxygen atoms in total. The number of nitrogens with zero attached hydrogens (tertiary/aromatic N) is 2. The highest BCUT2D eigenvalue weighted by molar-refractivity contribution is 6.30. The van der Waals surface area contributed by atoms with Crippen LogP contribution in [0.5, 0.6) is 5.75 Å². The molecule has 6 heteroatoms. The Labute approximate surface area is 208 Å². The Hall–Kier alpha value is -2.76. The highest BCUT2D eigenvalue weighted by Gasteiger charge is 2.19. The van der Waals surface area contributed by atoms with E-state index in [0.29, 0.717) is 17.4 Å². The maximum atomic E-state index is 6.18. The van der Waals surface area contributed by atoms with E-state index >= 15 is 0 Å². The van der Waals surface area contributed by atoms with Crippen molar-refractivity contribution in [1.29, 1.82) is 0 Å². The lowest BCUT2D eigenvalue weighted by atomic mass is 9.96. The summed E-state index contributed by atoms with van der Waals surface area (Å²) >= 11 is 5.96. The SMILES string of the molecule is C=C(/C=C(\C(CCCC)=N/N)c1ccc(OCc2ccc(Cl)cc2)cc1)OC1CCN(C)CC1. The molecule has 0 bridgehead atoms. The fourth-order valence-corrected chi connectivity index (χ4v) is 4.06.